The van der Waals surface area contributed by atoms with Crippen LogP contribution in [0.4, 0.5) is 11.4 Å². The summed E-state index contributed by atoms with van der Waals surface area (Å²) in [6.45, 7) is 0. The quantitative estimate of drug-likeness (QED) is 0.301. The summed E-state index contributed by atoms with van der Waals surface area (Å²) in [5, 5.41) is 17.7. The zero-order valence-corrected chi connectivity index (χ0v) is 8.02. The van der Waals surface area contributed by atoms with E-state index in [1.165, 1.54) is 0 Å². The highest BCUT2D eigenvalue weighted by Gasteiger charge is 2.17. The highest BCUT2D eigenvalue weighted by Crippen LogP contribution is 2.24. The van der Waals surface area contributed by atoms with Crippen LogP contribution < -0.4 is 22.5 Å². The molecule has 1 rings (SSSR count). The van der Waals surface area contributed by atoms with Crippen LogP contribution in [0.25, 0.3) is 0 Å². The average molecular weight is 226 g/mol. The standard InChI is InChI=1S/C8H10N4O4/c9-11-5-1-3(7(13)14)6(12-10)2-4(5)8(15)16/h1-2,11-12H,9-10H2,(H,13,14)(H,15,16). The molecule has 0 radical (unpaired) electrons. The van der Waals surface area contributed by atoms with Crippen molar-refractivity contribution in [2.45, 2.75) is 0 Å². The molecule has 0 saturated heterocycles. The zero-order valence-electron chi connectivity index (χ0n) is 8.02. The van der Waals surface area contributed by atoms with Gasteiger partial charge in [0.15, 0.2) is 0 Å². The van der Waals surface area contributed by atoms with E-state index in [-0.39, 0.29) is 22.5 Å². The fourth-order valence-corrected chi connectivity index (χ4v) is 1.19. The lowest BCUT2D eigenvalue weighted by molar-refractivity contribution is 0.0682. The van der Waals surface area contributed by atoms with Crippen molar-refractivity contribution in [2.24, 2.45) is 11.7 Å². The first-order chi connectivity index (χ1) is 7.51. The van der Waals surface area contributed by atoms with Crippen LogP contribution >= 0.6 is 0 Å². The summed E-state index contributed by atoms with van der Waals surface area (Å²) < 4.78 is 0. The van der Waals surface area contributed by atoms with Crippen molar-refractivity contribution in [1.29, 1.82) is 0 Å². The van der Waals surface area contributed by atoms with Crippen molar-refractivity contribution in [1.82, 2.24) is 0 Å². The van der Waals surface area contributed by atoms with E-state index in [9.17, 15) is 9.59 Å². The number of hydrazine groups is 2. The van der Waals surface area contributed by atoms with Gasteiger partial charge >= 0.3 is 11.9 Å². The van der Waals surface area contributed by atoms with Crippen molar-refractivity contribution in [2.75, 3.05) is 10.9 Å². The smallest absolute Gasteiger partial charge is 0.337 e. The molecule has 0 atom stereocenters. The Hall–Kier alpha value is -2.32. The number of nitrogen functional groups attached to an aromatic ring is 2. The van der Waals surface area contributed by atoms with Crippen molar-refractivity contribution in [3.63, 3.8) is 0 Å². The Morgan fingerprint density at radius 1 is 0.938 bits per heavy atom. The second-order valence-electron chi connectivity index (χ2n) is 2.84. The van der Waals surface area contributed by atoms with Crippen molar-refractivity contribution in [3.05, 3.63) is 23.3 Å². The minimum atomic E-state index is -1.25. The van der Waals surface area contributed by atoms with Gasteiger partial charge in [0.1, 0.15) is 0 Å². The molecule has 0 aromatic heterocycles. The predicted octanol–water partition coefficient (Wildman–Crippen LogP) is -0.346. The van der Waals surface area contributed by atoms with Crippen LogP contribution in [0.1, 0.15) is 20.7 Å². The molecule has 8 N–H and O–H groups in total. The number of nitrogens with two attached hydrogens (primary N) is 2. The number of carbonyl (C=O) groups is 2. The Morgan fingerprint density at radius 2 is 1.25 bits per heavy atom. The molecular weight excluding hydrogens is 216 g/mol. The molecule has 0 spiro atoms. The summed E-state index contributed by atoms with van der Waals surface area (Å²) in [6.07, 6.45) is 0. The molecule has 0 aliphatic heterocycles. The van der Waals surface area contributed by atoms with Gasteiger partial charge in [-0.25, -0.2) is 9.59 Å². The van der Waals surface area contributed by atoms with Crippen molar-refractivity contribution >= 4 is 23.3 Å². The third-order valence-corrected chi connectivity index (χ3v) is 1.93. The van der Waals surface area contributed by atoms with Gasteiger partial charge in [0, 0.05) is 0 Å². The Morgan fingerprint density at radius 3 is 1.44 bits per heavy atom. The van der Waals surface area contributed by atoms with Crippen LogP contribution in [-0.2, 0) is 0 Å². The Balaban J connectivity index is 3.46. The van der Waals surface area contributed by atoms with Gasteiger partial charge in [-0.2, -0.15) is 0 Å². The molecule has 16 heavy (non-hydrogen) atoms. The third-order valence-electron chi connectivity index (χ3n) is 1.93. The fraction of sp³-hybridized carbons (Fsp3) is 0. The molecule has 0 bridgehead atoms. The van der Waals surface area contributed by atoms with E-state index in [0.717, 1.165) is 12.1 Å². The molecule has 8 nitrogen and oxygen atoms in total. The number of carboxylic acids is 2. The van der Waals surface area contributed by atoms with E-state index in [1.807, 2.05) is 0 Å². The molecule has 0 aliphatic rings. The van der Waals surface area contributed by atoms with Crippen LogP contribution in [0.2, 0.25) is 0 Å². The van der Waals surface area contributed by atoms with E-state index >= 15 is 0 Å². The summed E-state index contributed by atoms with van der Waals surface area (Å²) in [4.78, 5) is 21.6. The molecule has 0 unspecified atom stereocenters. The van der Waals surface area contributed by atoms with Crippen LogP contribution in [0, 0.1) is 0 Å². The molecule has 0 amide bonds. The molecule has 0 saturated carbocycles. The Labute approximate surface area is 89.8 Å². The summed E-state index contributed by atoms with van der Waals surface area (Å²) >= 11 is 0. The average Bonchev–Trinajstić information content (AvgIpc) is 2.26. The number of hydrogen-bond acceptors (Lipinski definition) is 6. The summed E-state index contributed by atoms with van der Waals surface area (Å²) in [5.41, 5.74) is 3.84. The van der Waals surface area contributed by atoms with E-state index in [1.54, 1.807) is 0 Å². The highest BCUT2D eigenvalue weighted by molar-refractivity contribution is 6.01. The topological polar surface area (TPSA) is 151 Å². The van der Waals surface area contributed by atoms with Gasteiger partial charge in [-0.05, 0) is 12.1 Å². The van der Waals surface area contributed by atoms with Gasteiger partial charge in [0.25, 0.3) is 0 Å². The minimum Gasteiger partial charge on any atom is -0.478 e. The first-order valence-corrected chi connectivity index (χ1v) is 4.09. The molecule has 0 heterocycles. The summed E-state index contributed by atoms with van der Waals surface area (Å²) in [5.74, 6) is 7.68. The van der Waals surface area contributed by atoms with Crippen LogP contribution in [0.5, 0.6) is 0 Å². The maximum atomic E-state index is 10.8. The highest BCUT2D eigenvalue weighted by atomic mass is 16.4. The second-order valence-corrected chi connectivity index (χ2v) is 2.84. The van der Waals surface area contributed by atoms with Gasteiger partial charge in [-0.3, -0.25) is 11.7 Å². The molecule has 1 aromatic carbocycles. The summed E-state index contributed by atoms with van der Waals surface area (Å²) in [6, 6.07) is 2.17. The lowest BCUT2D eigenvalue weighted by Gasteiger charge is -2.11. The molecule has 0 fully saturated rings. The van der Waals surface area contributed by atoms with E-state index in [2.05, 4.69) is 10.9 Å². The van der Waals surface area contributed by atoms with E-state index in [4.69, 9.17) is 21.9 Å². The number of hydrogen-bond donors (Lipinski definition) is 6. The van der Waals surface area contributed by atoms with Crippen molar-refractivity contribution < 1.29 is 19.8 Å². The first-order valence-electron chi connectivity index (χ1n) is 4.09. The van der Waals surface area contributed by atoms with Gasteiger partial charge in [0.2, 0.25) is 0 Å². The van der Waals surface area contributed by atoms with Crippen molar-refractivity contribution in [3.8, 4) is 0 Å². The normalized spacial score (nSPS) is 9.62. The summed E-state index contributed by atoms with van der Waals surface area (Å²) in [7, 11) is 0. The molecule has 1 aromatic rings. The van der Waals surface area contributed by atoms with Crippen LogP contribution in [-0.4, -0.2) is 22.2 Å². The fourth-order valence-electron chi connectivity index (χ4n) is 1.19. The Bertz CT molecular complexity index is 404. The number of anilines is 2. The van der Waals surface area contributed by atoms with Crippen LogP contribution in [0.15, 0.2) is 12.1 Å². The monoisotopic (exact) mass is 226 g/mol. The van der Waals surface area contributed by atoms with Crippen LogP contribution in [0.3, 0.4) is 0 Å². The largest absolute Gasteiger partial charge is 0.478 e. The predicted molar refractivity (Wildman–Crippen MR) is 56.0 cm³/mol. The van der Waals surface area contributed by atoms with Gasteiger partial charge in [-0.1, -0.05) is 0 Å². The minimum absolute atomic E-state index is 0.0103. The number of aromatic carboxylic acids is 2. The molecule has 86 valence electrons. The lowest BCUT2D eigenvalue weighted by Crippen LogP contribution is -2.17. The van der Waals surface area contributed by atoms with Gasteiger partial charge in [-0.15, -0.1) is 0 Å². The third kappa shape index (κ3) is 2.02. The van der Waals surface area contributed by atoms with Gasteiger partial charge < -0.3 is 21.1 Å². The lowest BCUT2D eigenvalue weighted by atomic mass is 10.1. The SMILES string of the molecule is NNc1cc(C(=O)O)c(NN)cc1C(=O)O. The molecule has 8 heteroatoms. The Kier molecular flexibility index (Phi) is 3.28. The number of rotatable bonds is 4. The van der Waals surface area contributed by atoms with E-state index in [0.29, 0.717) is 0 Å². The molecular formula is C8H10N4O4. The van der Waals surface area contributed by atoms with E-state index < -0.39 is 11.9 Å². The maximum Gasteiger partial charge on any atom is 0.337 e. The first kappa shape index (κ1) is 11.8. The second kappa shape index (κ2) is 4.47. The molecule has 0 aliphatic carbocycles. The van der Waals surface area contributed by atoms with Gasteiger partial charge in [0.05, 0.1) is 22.5 Å². The maximum absolute atomic E-state index is 10.8. The zero-order chi connectivity index (χ0) is 12.3. The number of benzene rings is 1. The number of carboxylic acid groups (broad SMARTS) is 2. The number of nitrogens with one attached hydrogen (secondary N) is 2.